The van der Waals surface area contributed by atoms with Gasteiger partial charge in [0.1, 0.15) is 0 Å². The number of nitrogens with zero attached hydrogens (tertiary/aromatic N) is 2. The highest BCUT2D eigenvalue weighted by Gasteiger charge is 2.27. The standard InChI is InChI=1S/C15H21N3O/c1-10-5-7-11(8-6-10)9-12-17-14(19-18-12)13(16)15(2,3)4/h5-8,13H,9,16H2,1-4H3/t13-/m1/s1. The largest absolute Gasteiger partial charge is 0.338 e. The molecule has 0 unspecified atom stereocenters. The Hall–Kier alpha value is -1.68. The van der Waals surface area contributed by atoms with Gasteiger partial charge in [-0.05, 0) is 17.9 Å². The van der Waals surface area contributed by atoms with E-state index in [9.17, 15) is 0 Å². The molecule has 0 fully saturated rings. The number of benzene rings is 1. The molecule has 2 aromatic rings. The summed E-state index contributed by atoms with van der Waals surface area (Å²) in [5.41, 5.74) is 8.42. The van der Waals surface area contributed by atoms with Crippen LogP contribution in [0.25, 0.3) is 0 Å². The molecule has 0 saturated carbocycles. The quantitative estimate of drug-likeness (QED) is 0.920. The summed E-state index contributed by atoms with van der Waals surface area (Å²) in [6.07, 6.45) is 0.667. The van der Waals surface area contributed by atoms with Crippen molar-refractivity contribution in [3.63, 3.8) is 0 Å². The van der Waals surface area contributed by atoms with Crippen molar-refractivity contribution < 1.29 is 4.52 Å². The van der Waals surface area contributed by atoms with E-state index >= 15 is 0 Å². The Morgan fingerprint density at radius 3 is 2.42 bits per heavy atom. The Balaban J connectivity index is 2.11. The first-order valence-corrected chi connectivity index (χ1v) is 6.50. The highest BCUT2D eigenvalue weighted by atomic mass is 16.5. The van der Waals surface area contributed by atoms with E-state index in [0.29, 0.717) is 18.1 Å². The molecule has 0 amide bonds. The first-order valence-electron chi connectivity index (χ1n) is 6.50. The topological polar surface area (TPSA) is 64.9 Å². The second-order valence-corrected chi connectivity index (χ2v) is 6.05. The molecular weight excluding hydrogens is 238 g/mol. The number of rotatable bonds is 3. The molecule has 2 N–H and O–H groups in total. The van der Waals surface area contributed by atoms with Crippen molar-refractivity contribution in [2.45, 2.75) is 40.2 Å². The van der Waals surface area contributed by atoms with Gasteiger partial charge in [0.25, 0.3) is 0 Å². The van der Waals surface area contributed by atoms with Gasteiger partial charge >= 0.3 is 0 Å². The lowest BCUT2D eigenvalue weighted by atomic mass is 9.87. The summed E-state index contributed by atoms with van der Waals surface area (Å²) < 4.78 is 5.26. The van der Waals surface area contributed by atoms with Crippen LogP contribution in [-0.4, -0.2) is 10.1 Å². The third-order valence-corrected chi connectivity index (χ3v) is 3.17. The summed E-state index contributed by atoms with van der Waals surface area (Å²) >= 11 is 0. The molecular formula is C15H21N3O. The average molecular weight is 259 g/mol. The van der Waals surface area contributed by atoms with Crippen LogP contribution in [0.15, 0.2) is 28.8 Å². The maximum absolute atomic E-state index is 6.10. The average Bonchev–Trinajstić information content (AvgIpc) is 2.78. The number of hydrogen-bond donors (Lipinski definition) is 1. The van der Waals surface area contributed by atoms with Crippen LogP contribution in [0, 0.1) is 12.3 Å². The zero-order chi connectivity index (χ0) is 14.0. The van der Waals surface area contributed by atoms with Gasteiger partial charge in [-0.1, -0.05) is 55.8 Å². The molecule has 4 nitrogen and oxygen atoms in total. The van der Waals surface area contributed by atoms with Crippen molar-refractivity contribution >= 4 is 0 Å². The van der Waals surface area contributed by atoms with E-state index in [2.05, 4.69) is 62.1 Å². The highest BCUT2D eigenvalue weighted by Crippen LogP contribution is 2.29. The highest BCUT2D eigenvalue weighted by molar-refractivity contribution is 5.23. The van der Waals surface area contributed by atoms with E-state index in [4.69, 9.17) is 10.3 Å². The summed E-state index contributed by atoms with van der Waals surface area (Å²) in [6, 6.07) is 8.07. The number of aromatic nitrogens is 2. The van der Waals surface area contributed by atoms with Crippen LogP contribution in [0.3, 0.4) is 0 Å². The third-order valence-electron chi connectivity index (χ3n) is 3.17. The summed E-state index contributed by atoms with van der Waals surface area (Å²) in [7, 11) is 0. The lowest BCUT2D eigenvalue weighted by Gasteiger charge is -2.23. The van der Waals surface area contributed by atoms with Gasteiger partial charge in [0.05, 0.1) is 6.04 Å². The third kappa shape index (κ3) is 3.41. The maximum Gasteiger partial charge on any atom is 0.244 e. The molecule has 19 heavy (non-hydrogen) atoms. The van der Waals surface area contributed by atoms with Crippen molar-refractivity contribution in [1.82, 2.24) is 10.1 Å². The Morgan fingerprint density at radius 1 is 1.21 bits per heavy atom. The SMILES string of the molecule is Cc1ccc(Cc2noc([C@@H](N)C(C)(C)C)n2)cc1. The molecule has 0 aliphatic carbocycles. The molecule has 4 heteroatoms. The Bertz CT molecular complexity index is 537. The van der Waals surface area contributed by atoms with Crippen LogP contribution in [0.4, 0.5) is 0 Å². The number of hydrogen-bond acceptors (Lipinski definition) is 4. The summed E-state index contributed by atoms with van der Waals surface area (Å²) in [6.45, 7) is 8.24. The maximum atomic E-state index is 6.10. The molecule has 1 aromatic carbocycles. The molecule has 0 spiro atoms. The van der Waals surface area contributed by atoms with Gasteiger partial charge in [-0.2, -0.15) is 4.98 Å². The van der Waals surface area contributed by atoms with E-state index in [0.717, 1.165) is 0 Å². The van der Waals surface area contributed by atoms with Crippen molar-refractivity contribution in [3.8, 4) is 0 Å². The van der Waals surface area contributed by atoms with Crippen molar-refractivity contribution in [1.29, 1.82) is 0 Å². The van der Waals surface area contributed by atoms with Crippen molar-refractivity contribution in [3.05, 3.63) is 47.1 Å². The first-order chi connectivity index (χ1) is 8.86. The van der Waals surface area contributed by atoms with Crippen molar-refractivity contribution in [2.24, 2.45) is 11.1 Å². The van der Waals surface area contributed by atoms with E-state index < -0.39 is 0 Å². The minimum absolute atomic E-state index is 0.0896. The summed E-state index contributed by atoms with van der Waals surface area (Å²) in [4.78, 5) is 4.39. The summed E-state index contributed by atoms with van der Waals surface area (Å²) in [5, 5.41) is 4.00. The van der Waals surface area contributed by atoms with Crippen LogP contribution in [0.2, 0.25) is 0 Å². The van der Waals surface area contributed by atoms with E-state index in [-0.39, 0.29) is 11.5 Å². The Kier molecular flexibility index (Phi) is 3.71. The smallest absolute Gasteiger partial charge is 0.244 e. The van der Waals surface area contributed by atoms with Crippen LogP contribution in [0.1, 0.15) is 49.7 Å². The van der Waals surface area contributed by atoms with Gasteiger partial charge < -0.3 is 10.3 Å². The second-order valence-electron chi connectivity index (χ2n) is 6.05. The minimum atomic E-state index is -0.244. The molecule has 0 aliphatic rings. The minimum Gasteiger partial charge on any atom is -0.338 e. The molecule has 1 aromatic heterocycles. The molecule has 0 bridgehead atoms. The lowest BCUT2D eigenvalue weighted by Crippen LogP contribution is -2.26. The Labute approximate surface area is 114 Å². The van der Waals surface area contributed by atoms with Gasteiger partial charge in [-0.15, -0.1) is 0 Å². The fourth-order valence-corrected chi connectivity index (χ4v) is 1.72. The molecule has 0 saturated heterocycles. The predicted octanol–water partition coefficient (Wildman–Crippen LogP) is 3.01. The predicted molar refractivity (Wildman–Crippen MR) is 74.7 cm³/mol. The van der Waals surface area contributed by atoms with Gasteiger partial charge in [-0.25, -0.2) is 0 Å². The van der Waals surface area contributed by atoms with Gasteiger partial charge in [0.15, 0.2) is 5.82 Å². The number of nitrogens with two attached hydrogens (primary N) is 1. The van der Waals surface area contributed by atoms with Crippen LogP contribution in [-0.2, 0) is 6.42 Å². The normalized spacial score (nSPS) is 13.5. The Morgan fingerprint density at radius 2 is 1.84 bits per heavy atom. The molecule has 1 atom stereocenters. The fourth-order valence-electron chi connectivity index (χ4n) is 1.72. The van der Waals surface area contributed by atoms with E-state index in [1.54, 1.807) is 0 Å². The van der Waals surface area contributed by atoms with E-state index in [1.165, 1.54) is 11.1 Å². The van der Waals surface area contributed by atoms with Gasteiger partial charge in [-0.3, -0.25) is 0 Å². The zero-order valence-electron chi connectivity index (χ0n) is 12.0. The van der Waals surface area contributed by atoms with Crippen LogP contribution < -0.4 is 5.73 Å². The van der Waals surface area contributed by atoms with Crippen molar-refractivity contribution in [2.75, 3.05) is 0 Å². The zero-order valence-corrected chi connectivity index (χ0v) is 12.0. The lowest BCUT2D eigenvalue weighted by molar-refractivity contribution is 0.252. The molecule has 1 heterocycles. The molecule has 102 valence electrons. The van der Waals surface area contributed by atoms with Crippen LogP contribution >= 0.6 is 0 Å². The fraction of sp³-hybridized carbons (Fsp3) is 0.467. The van der Waals surface area contributed by atoms with Gasteiger partial charge in [0, 0.05) is 6.42 Å². The first kappa shape index (κ1) is 13.7. The number of aryl methyl sites for hydroxylation is 1. The molecule has 2 rings (SSSR count). The summed E-state index contributed by atoms with van der Waals surface area (Å²) in [5.74, 6) is 1.19. The van der Waals surface area contributed by atoms with E-state index in [1.807, 2.05) is 0 Å². The van der Waals surface area contributed by atoms with Gasteiger partial charge in [0.2, 0.25) is 5.89 Å². The van der Waals surface area contributed by atoms with Crippen LogP contribution in [0.5, 0.6) is 0 Å². The monoisotopic (exact) mass is 259 g/mol. The molecule has 0 aliphatic heterocycles. The second kappa shape index (κ2) is 5.13. The molecule has 0 radical (unpaired) electrons.